The van der Waals surface area contributed by atoms with Crippen molar-refractivity contribution in [2.75, 3.05) is 14.2 Å². The molecule has 0 N–H and O–H groups in total. The number of hydrogen-bond acceptors (Lipinski definition) is 8. The van der Waals surface area contributed by atoms with Gasteiger partial charge in [0, 0.05) is 19.5 Å². The lowest BCUT2D eigenvalue weighted by molar-refractivity contribution is 0.0606. The van der Waals surface area contributed by atoms with E-state index in [-0.39, 0.29) is 0 Å². The van der Waals surface area contributed by atoms with Crippen LogP contribution in [0.25, 0.3) is 16.0 Å². The number of fused-ring (bicyclic) bond motifs is 1. The average molecular weight is 305 g/mol. The Balaban J connectivity index is 2.28. The van der Waals surface area contributed by atoms with Gasteiger partial charge in [0.25, 0.3) is 0 Å². The third-order valence-electron chi connectivity index (χ3n) is 2.80. The molecule has 0 spiro atoms. The summed E-state index contributed by atoms with van der Waals surface area (Å²) in [5.74, 6) is -0.464. The van der Waals surface area contributed by atoms with Gasteiger partial charge in [-0.3, -0.25) is 0 Å². The van der Waals surface area contributed by atoms with Crippen molar-refractivity contribution in [3.8, 4) is 5.69 Å². The van der Waals surface area contributed by atoms with Crippen LogP contribution in [0.4, 0.5) is 0 Å². The van der Waals surface area contributed by atoms with Gasteiger partial charge in [-0.05, 0) is 0 Å². The second-order valence-corrected chi connectivity index (χ2v) is 5.05. The Hall–Kier alpha value is -2.39. The highest BCUT2D eigenvalue weighted by Crippen LogP contribution is 2.32. The summed E-state index contributed by atoms with van der Waals surface area (Å²) in [5, 5.41) is 7.89. The zero-order valence-corrected chi connectivity index (χ0v) is 12.1. The molecule has 0 aliphatic rings. The molecule has 0 aliphatic heterocycles. The number of carbonyl (C=O) groups excluding carboxylic acids is 1. The smallest absolute Gasteiger partial charge is 0.350 e. The molecule has 0 saturated carbocycles. The fourth-order valence-electron chi connectivity index (χ4n) is 1.93. The zero-order valence-electron chi connectivity index (χ0n) is 11.3. The Bertz CT molecular complexity index is 797. The van der Waals surface area contributed by atoms with Gasteiger partial charge in [-0.1, -0.05) is 5.21 Å². The number of methoxy groups -OCH3 is 2. The number of thiophene rings is 1. The van der Waals surface area contributed by atoms with Crippen LogP contribution in [-0.2, 0) is 16.1 Å². The molecule has 9 heteroatoms. The third kappa shape index (κ3) is 2.26. The zero-order chi connectivity index (χ0) is 14.8. The molecule has 0 amide bonds. The van der Waals surface area contributed by atoms with E-state index < -0.39 is 5.97 Å². The average Bonchev–Trinajstić information content (AvgIpc) is 3.10. The molecule has 8 nitrogen and oxygen atoms in total. The van der Waals surface area contributed by atoms with Gasteiger partial charge >= 0.3 is 5.97 Å². The molecule has 0 saturated heterocycles. The topological polar surface area (TPSA) is 92.0 Å². The van der Waals surface area contributed by atoms with Gasteiger partial charge in [-0.25, -0.2) is 19.4 Å². The maximum Gasteiger partial charge on any atom is 0.350 e. The van der Waals surface area contributed by atoms with E-state index >= 15 is 0 Å². The fourth-order valence-corrected chi connectivity index (χ4v) is 2.93. The van der Waals surface area contributed by atoms with E-state index in [0.717, 1.165) is 0 Å². The van der Waals surface area contributed by atoms with Crippen LogP contribution in [0.3, 0.4) is 0 Å². The second-order valence-electron chi connectivity index (χ2n) is 4.05. The van der Waals surface area contributed by atoms with Crippen molar-refractivity contribution in [1.82, 2.24) is 25.0 Å². The van der Waals surface area contributed by atoms with Crippen molar-refractivity contribution in [2.45, 2.75) is 6.61 Å². The summed E-state index contributed by atoms with van der Waals surface area (Å²) in [7, 11) is 2.90. The third-order valence-corrected chi connectivity index (χ3v) is 3.85. The van der Waals surface area contributed by atoms with Crippen molar-refractivity contribution in [3.05, 3.63) is 29.2 Å². The number of esters is 1. The van der Waals surface area contributed by atoms with Crippen molar-refractivity contribution in [3.63, 3.8) is 0 Å². The van der Waals surface area contributed by atoms with Crippen molar-refractivity contribution in [2.24, 2.45) is 0 Å². The summed E-state index contributed by atoms with van der Waals surface area (Å²) in [6, 6.07) is 0. The van der Waals surface area contributed by atoms with Gasteiger partial charge in [0.15, 0.2) is 0 Å². The molecular weight excluding hydrogens is 294 g/mol. The van der Waals surface area contributed by atoms with E-state index in [1.807, 2.05) is 0 Å². The molecule has 21 heavy (non-hydrogen) atoms. The molecule has 0 unspecified atom stereocenters. The molecule has 3 heterocycles. The molecule has 3 aromatic rings. The summed E-state index contributed by atoms with van der Waals surface area (Å²) in [6.07, 6.45) is 4.71. The van der Waals surface area contributed by atoms with Crippen molar-refractivity contribution in [1.29, 1.82) is 0 Å². The predicted octanol–water partition coefficient (Wildman–Crippen LogP) is 1.20. The van der Waals surface area contributed by atoms with Gasteiger partial charge in [0.1, 0.15) is 20.9 Å². The minimum Gasteiger partial charge on any atom is -0.465 e. The van der Waals surface area contributed by atoms with Gasteiger partial charge in [0.2, 0.25) is 0 Å². The Morgan fingerprint density at radius 2 is 2.14 bits per heavy atom. The van der Waals surface area contributed by atoms with E-state index in [9.17, 15) is 4.79 Å². The maximum absolute atomic E-state index is 12.0. The second kappa shape index (κ2) is 5.54. The molecule has 0 aromatic carbocycles. The van der Waals surface area contributed by atoms with Crippen LogP contribution in [0.1, 0.15) is 15.4 Å². The van der Waals surface area contributed by atoms with Crippen LogP contribution >= 0.6 is 11.3 Å². The summed E-state index contributed by atoms with van der Waals surface area (Å²) < 4.78 is 11.5. The molecule has 0 fully saturated rings. The van der Waals surface area contributed by atoms with Gasteiger partial charge < -0.3 is 9.47 Å². The van der Waals surface area contributed by atoms with E-state index in [0.29, 0.717) is 33.2 Å². The van der Waals surface area contributed by atoms with E-state index in [1.165, 1.54) is 23.1 Å². The molecule has 0 radical (unpaired) electrons. The summed E-state index contributed by atoms with van der Waals surface area (Å²) in [6.45, 7) is 0.311. The Morgan fingerprint density at radius 1 is 1.33 bits per heavy atom. The van der Waals surface area contributed by atoms with Crippen LogP contribution in [0.15, 0.2) is 18.6 Å². The SMILES string of the molecule is COCc1cnnn1-c1c(C(=O)OC)sc2nccnc12. The van der Waals surface area contributed by atoms with Crippen molar-refractivity contribution >= 4 is 27.7 Å². The predicted molar refractivity (Wildman–Crippen MR) is 74.4 cm³/mol. The summed E-state index contributed by atoms with van der Waals surface area (Å²) >= 11 is 1.20. The lowest BCUT2D eigenvalue weighted by Crippen LogP contribution is -2.09. The number of hydrogen-bond donors (Lipinski definition) is 0. The van der Waals surface area contributed by atoms with E-state index in [2.05, 4.69) is 20.3 Å². The van der Waals surface area contributed by atoms with Crippen LogP contribution in [0, 0.1) is 0 Å². The number of nitrogens with zero attached hydrogens (tertiary/aromatic N) is 5. The quantitative estimate of drug-likeness (QED) is 0.669. The van der Waals surface area contributed by atoms with Crippen LogP contribution in [0.5, 0.6) is 0 Å². The lowest BCUT2D eigenvalue weighted by Gasteiger charge is -2.06. The molecule has 3 rings (SSSR count). The maximum atomic E-state index is 12.0. The molecule has 108 valence electrons. The first-order valence-corrected chi connectivity index (χ1v) is 6.78. The Kier molecular flexibility index (Phi) is 3.59. The highest BCUT2D eigenvalue weighted by Gasteiger charge is 2.24. The monoisotopic (exact) mass is 305 g/mol. The normalized spacial score (nSPS) is 11.0. The molecule has 0 atom stereocenters. The van der Waals surface area contributed by atoms with E-state index in [1.54, 1.807) is 25.7 Å². The number of rotatable bonds is 4. The standard InChI is InChI=1S/C12H11N5O3S/c1-19-6-7-5-15-16-17(7)9-8-11(14-4-3-13-8)21-10(9)12(18)20-2/h3-5H,6H2,1-2H3. The fraction of sp³-hybridized carbons (Fsp3) is 0.250. The first kappa shape index (κ1) is 13.6. The largest absolute Gasteiger partial charge is 0.465 e. The Morgan fingerprint density at radius 3 is 2.90 bits per heavy atom. The van der Waals surface area contributed by atoms with Gasteiger partial charge in [0.05, 0.1) is 25.6 Å². The Labute approximate surface area is 123 Å². The number of carbonyl (C=O) groups is 1. The van der Waals surface area contributed by atoms with Crippen LogP contribution in [0.2, 0.25) is 0 Å². The first-order valence-electron chi connectivity index (χ1n) is 5.97. The lowest BCUT2D eigenvalue weighted by atomic mass is 10.3. The highest BCUT2D eigenvalue weighted by atomic mass is 32.1. The summed E-state index contributed by atoms with van der Waals surface area (Å²) in [5.41, 5.74) is 1.79. The van der Waals surface area contributed by atoms with Crippen molar-refractivity contribution < 1.29 is 14.3 Å². The molecular formula is C12H11N5O3S. The van der Waals surface area contributed by atoms with Gasteiger partial charge in [-0.2, -0.15) is 0 Å². The molecule has 0 bridgehead atoms. The first-order chi connectivity index (χ1) is 10.3. The number of aromatic nitrogens is 5. The van der Waals surface area contributed by atoms with E-state index in [4.69, 9.17) is 9.47 Å². The summed E-state index contributed by atoms with van der Waals surface area (Å²) in [4.78, 5) is 21.5. The van der Waals surface area contributed by atoms with Crippen LogP contribution in [-0.4, -0.2) is 45.2 Å². The molecule has 3 aromatic heterocycles. The highest BCUT2D eigenvalue weighted by molar-refractivity contribution is 7.20. The minimum absolute atomic E-state index is 0.311. The molecule has 0 aliphatic carbocycles. The van der Waals surface area contributed by atoms with Crippen LogP contribution < -0.4 is 0 Å². The van der Waals surface area contributed by atoms with Gasteiger partial charge in [-0.15, -0.1) is 16.4 Å². The minimum atomic E-state index is -0.464. The number of ether oxygens (including phenoxy) is 2.